The van der Waals surface area contributed by atoms with Crippen LogP contribution in [0.1, 0.15) is 51.7 Å². The zero-order chi connectivity index (χ0) is 33.3. The maximum absolute atomic E-state index is 13.5. The topological polar surface area (TPSA) is 100 Å². The average molecular weight is 661 g/mol. The van der Waals surface area contributed by atoms with Crippen molar-refractivity contribution < 1.29 is 14.4 Å². The smallest absolute Gasteiger partial charge is 0.272 e. The van der Waals surface area contributed by atoms with Gasteiger partial charge in [-0.15, -0.1) is 23.1 Å². The van der Waals surface area contributed by atoms with Crippen LogP contribution >= 0.6 is 23.1 Å². The Morgan fingerprint density at radius 1 is 0.851 bits per heavy atom. The summed E-state index contributed by atoms with van der Waals surface area (Å²) in [7, 11) is 0. The van der Waals surface area contributed by atoms with Gasteiger partial charge in [0.2, 0.25) is 5.91 Å². The van der Waals surface area contributed by atoms with E-state index >= 15 is 0 Å². The molecule has 0 fully saturated rings. The minimum absolute atomic E-state index is 0.109. The maximum atomic E-state index is 13.5. The molecule has 0 aliphatic heterocycles. The van der Waals surface area contributed by atoms with Crippen LogP contribution in [0.3, 0.4) is 0 Å². The fourth-order valence-electron chi connectivity index (χ4n) is 4.68. The molecule has 3 amide bonds. The predicted molar refractivity (Wildman–Crippen MR) is 194 cm³/mol. The minimum Gasteiger partial charge on any atom is -0.321 e. The number of hydrogen-bond acceptors (Lipinski definition) is 6. The van der Waals surface area contributed by atoms with E-state index in [2.05, 4.69) is 34.8 Å². The third-order valence-corrected chi connectivity index (χ3v) is 9.15. The molecule has 0 unspecified atom stereocenters. The lowest BCUT2D eigenvalue weighted by atomic mass is 10.0. The molecule has 0 aliphatic carbocycles. The second kappa shape index (κ2) is 15.5. The molecule has 1 heterocycles. The summed E-state index contributed by atoms with van der Waals surface area (Å²) in [5.41, 5.74) is 6.10. The molecule has 0 bridgehead atoms. The zero-order valence-corrected chi connectivity index (χ0v) is 28.3. The van der Waals surface area contributed by atoms with Crippen molar-refractivity contribution in [1.82, 2.24) is 10.3 Å². The molecule has 0 spiro atoms. The van der Waals surface area contributed by atoms with E-state index in [0.29, 0.717) is 22.3 Å². The Labute approximate surface area is 283 Å². The number of anilines is 2. The number of rotatable bonds is 11. The third kappa shape index (κ3) is 9.28. The van der Waals surface area contributed by atoms with Crippen LogP contribution in [0.15, 0.2) is 114 Å². The molecule has 0 saturated carbocycles. The Bertz CT molecular complexity index is 1900. The second-order valence-corrected chi connectivity index (χ2v) is 13.6. The number of aryl methyl sites for hydroxylation is 2. The fraction of sp³-hybridized carbons (Fsp3) is 0.158. The fourth-order valence-corrected chi connectivity index (χ4v) is 6.29. The van der Waals surface area contributed by atoms with Gasteiger partial charge < -0.3 is 16.0 Å². The van der Waals surface area contributed by atoms with Gasteiger partial charge in [-0.25, -0.2) is 4.98 Å². The van der Waals surface area contributed by atoms with Gasteiger partial charge in [0.1, 0.15) is 5.70 Å². The summed E-state index contributed by atoms with van der Waals surface area (Å²) in [5, 5.41) is 9.15. The van der Waals surface area contributed by atoms with E-state index < -0.39 is 5.91 Å². The van der Waals surface area contributed by atoms with E-state index in [4.69, 9.17) is 0 Å². The van der Waals surface area contributed by atoms with Crippen LogP contribution in [0.5, 0.6) is 0 Å². The number of nitrogens with one attached hydrogen (secondary N) is 3. The van der Waals surface area contributed by atoms with Gasteiger partial charge in [0.05, 0.1) is 11.4 Å². The Morgan fingerprint density at radius 3 is 2.28 bits per heavy atom. The summed E-state index contributed by atoms with van der Waals surface area (Å²) in [6, 6.07) is 32.0. The van der Waals surface area contributed by atoms with Gasteiger partial charge in [-0.05, 0) is 67.3 Å². The number of nitrogens with zero attached hydrogens (tertiary/aromatic N) is 1. The molecule has 0 radical (unpaired) electrons. The van der Waals surface area contributed by atoms with Crippen molar-refractivity contribution in [2.75, 3.05) is 16.4 Å². The third-order valence-electron chi connectivity index (χ3n) is 7.27. The molecular weight excluding hydrogens is 625 g/mol. The molecule has 5 rings (SSSR count). The highest BCUT2D eigenvalue weighted by molar-refractivity contribution is 8.00. The van der Waals surface area contributed by atoms with Crippen molar-refractivity contribution in [2.45, 2.75) is 38.5 Å². The van der Waals surface area contributed by atoms with E-state index in [-0.39, 0.29) is 23.3 Å². The van der Waals surface area contributed by atoms with E-state index in [1.54, 1.807) is 42.5 Å². The van der Waals surface area contributed by atoms with Crippen molar-refractivity contribution >= 4 is 57.7 Å². The molecule has 47 heavy (non-hydrogen) atoms. The van der Waals surface area contributed by atoms with Crippen molar-refractivity contribution in [1.29, 1.82) is 0 Å². The van der Waals surface area contributed by atoms with Crippen molar-refractivity contribution in [3.63, 3.8) is 0 Å². The highest BCUT2D eigenvalue weighted by Gasteiger charge is 2.16. The number of benzene rings is 4. The van der Waals surface area contributed by atoms with Crippen LogP contribution in [0.2, 0.25) is 0 Å². The van der Waals surface area contributed by atoms with Gasteiger partial charge in [0.25, 0.3) is 11.8 Å². The first-order valence-electron chi connectivity index (χ1n) is 15.2. The van der Waals surface area contributed by atoms with Crippen LogP contribution in [-0.4, -0.2) is 28.5 Å². The molecule has 9 heteroatoms. The van der Waals surface area contributed by atoms with Gasteiger partial charge in [-0.2, -0.15) is 0 Å². The molecule has 238 valence electrons. The number of amides is 3. The number of thioether (sulfide) groups is 1. The summed E-state index contributed by atoms with van der Waals surface area (Å²) in [6.07, 6.45) is 1.66. The highest BCUT2D eigenvalue weighted by Crippen LogP contribution is 2.31. The van der Waals surface area contributed by atoms with Gasteiger partial charge in [-0.3, -0.25) is 14.4 Å². The Kier molecular flexibility index (Phi) is 11.0. The summed E-state index contributed by atoms with van der Waals surface area (Å²) >= 11 is 2.79. The van der Waals surface area contributed by atoms with Gasteiger partial charge >= 0.3 is 0 Å². The summed E-state index contributed by atoms with van der Waals surface area (Å²) < 4.78 is 0. The molecule has 1 aromatic heterocycles. The summed E-state index contributed by atoms with van der Waals surface area (Å²) in [5.74, 6) is -0.488. The average Bonchev–Trinajstić information content (AvgIpc) is 3.43. The van der Waals surface area contributed by atoms with Gasteiger partial charge in [-0.1, -0.05) is 92.2 Å². The molecule has 7 nitrogen and oxygen atoms in total. The lowest BCUT2D eigenvalue weighted by molar-refractivity contribution is -0.114. The van der Waals surface area contributed by atoms with Crippen LogP contribution in [0.4, 0.5) is 10.8 Å². The first-order valence-corrected chi connectivity index (χ1v) is 17.0. The number of carbonyl (C=O) groups is 3. The van der Waals surface area contributed by atoms with E-state index in [1.807, 2.05) is 80.6 Å². The van der Waals surface area contributed by atoms with Crippen LogP contribution in [0, 0.1) is 13.8 Å². The molecular formula is C38H36N4O3S2. The van der Waals surface area contributed by atoms with Crippen LogP contribution in [0.25, 0.3) is 17.3 Å². The van der Waals surface area contributed by atoms with Crippen molar-refractivity contribution in [2.24, 2.45) is 0 Å². The lowest BCUT2D eigenvalue weighted by Crippen LogP contribution is -2.30. The largest absolute Gasteiger partial charge is 0.321 e. The standard InChI is InChI=1S/C38H36N4O3S2/c1-24(2)28-19-15-27(16-20-28)21-33(40-36(44)30-9-6-5-7-10-30)37(45)39-31-11-8-12-32(22-31)46-23-34(43)41-38-42-35(26(4)47-38)29-17-13-25(3)14-18-29/h5-22,24H,23H2,1-4H3,(H,39,45)(H,40,44)(H,41,42,43)/b33-21+. The Hall–Kier alpha value is -4.99. The normalized spacial score (nSPS) is 11.3. The monoisotopic (exact) mass is 660 g/mol. The molecule has 5 aromatic rings. The zero-order valence-electron chi connectivity index (χ0n) is 26.7. The van der Waals surface area contributed by atoms with Gasteiger partial charge in [0, 0.05) is 26.6 Å². The Morgan fingerprint density at radius 2 is 1.57 bits per heavy atom. The lowest BCUT2D eigenvalue weighted by Gasteiger charge is -2.12. The summed E-state index contributed by atoms with van der Waals surface area (Å²) in [4.78, 5) is 45.8. The number of hydrogen-bond donors (Lipinski definition) is 3. The molecule has 0 saturated heterocycles. The quantitative estimate of drug-likeness (QED) is 0.0972. The molecule has 3 N–H and O–H groups in total. The van der Waals surface area contributed by atoms with Crippen molar-refractivity contribution in [3.8, 4) is 11.3 Å². The van der Waals surface area contributed by atoms with E-state index in [9.17, 15) is 14.4 Å². The van der Waals surface area contributed by atoms with Crippen LogP contribution < -0.4 is 16.0 Å². The van der Waals surface area contributed by atoms with Crippen LogP contribution in [-0.2, 0) is 9.59 Å². The SMILES string of the molecule is Cc1ccc(-c2nc(NC(=O)CSc3cccc(NC(=O)/C(=C\c4ccc(C(C)C)cc4)NC(=O)c4ccccc4)c3)sc2C)cc1. The molecule has 4 aromatic carbocycles. The van der Waals surface area contributed by atoms with Gasteiger partial charge in [0.15, 0.2) is 5.13 Å². The minimum atomic E-state index is -0.467. The second-order valence-electron chi connectivity index (χ2n) is 11.3. The van der Waals surface area contributed by atoms with E-state index in [1.165, 1.54) is 34.2 Å². The predicted octanol–water partition coefficient (Wildman–Crippen LogP) is 8.69. The summed E-state index contributed by atoms with van der Waals surface area (Å²) in [6.45, 7) is 8.27. The number of thiazole rings is 1. The Balaban J connectivity index is 1.24. The van der Waals surface area contributed by atoms with E-state index in [0.717, 1.165) is 26.6 Å². The highest BCUT2D eigenvalue weighted by atomic mass is 32.2. The first-order chi connectivity index (χ1) is 22.6. The maximum Gasteiger partial charge on any atom is 0.272 e. The first kappa shape index (κ1) is 33.4. The number of carbonyl (C=O) groups excluding carboxylic acids is 3. The number of aromatic nitrogens is 1. The molecule has 0 atom stereocenters. The van der Waals surface area contributed by atoms with Crippen molar-refractivity contribution in [3.05, 3.63) is 136 Å². The molecule has 0 aliphatic rings.